The van der Waals surface area contributed by atoms with Crippen LogP contribution in [0.25, 0.3) is 17.0 Å². The quantitative estimate of drug-likeness (QED) is 0.524. The number of carbonyl (C=O) groups is 1. The largest absolute Gasteiger partial charge is 0.463 e. The van der Waals surface area contributed by atoms with Crippen LogP contribution in [0.2, 0.25) is 0 Å². The molecule has 0 N–H and O–H groups in total. The molecule has 5 nitrogen and oxygen atoms in total. The first-order valence-corrected chi connectivity index (χ1v) is 8.13. The minimum atomic E-state index is -0.592. The zero-order valence-corrected chi connectivity index (χ0v) is 14.3. The van der Waals surface area contributed by atoms with Crippen molar-refractivity contribution in [3.05, 3.63) is 86.9 Å². The summed E-state index contributed by atoms with van der Waals surface area (Å²) in [6.07, 6.45) is 2.73. The number of ether oxygens (including phenoxy) is 1. The highest BCUT2D eigenvalue weighted by Crippen LogP contribution is 2.21. The fraction of sp³-hybridized carbons (Fsp3) is 0.0952. The van der Waals surface area contributed by atoms with E-state index in [9.17, 15) is 9.59 Å². The molecule has 0 spiro atoms. The van der Waals surface area contributed by atoms with Crippen LogP contribution in [0, 0.1) is 13.8 Å². The van der Waals surface area contributed by atoms with E-state index in [4.69, 9.17) is 9.15 Å². The Morgan fingerprint density at radius 3 is 2.62 bits per heavy atom. The van der Waals surface area contributed by atoms with Crippen molar-refractivity contribution in [2.45, 2.75) is 13.8 Å². The molecule has 1 aliphatic heterocycles. The van der Waals surface area contributed by atoms with E-state index >= 15 is 0 Å². The summed E-state index contributed by atoms with van der Waals surface area (Å²) in [5, 5.41) is 0.451. The van der Waals surface area contributed by atoms with Crippen LogP contribution < -0.4 is 5.43 Å². The van der Waals surface area contributed by atoms with Gasteiger partial charge in [0, 0.05) is 5.56 Å². The lowest BCUT2D eigenvalue weighted by Crippen LogP contribution is -2.07. The average Bonchev–Trinajstić information content (AvgIpc) is 3.00. The number of cyclic esters (lactones) is 1. The lowest BCUT2D eigenvalue weighted by atomic mass is 10.1. The van der Waals surface area contributed by atoms with Gasteiger partial charge in [-0.1, -0.05) is 18.2 Å². The SMILES string of the molecule is Cc1ccc(C2=NC(=Cc3coc4ccccc4c3=O)C(=O)O2)cc1C. The fourth-order valence-electron chi connectivity index (χ4n) is 2.75. The van der Waals surface area contributed by atoms with Gasteiger partial charge in [-0.15, -0.1) is 0 Å². The van der Waals surface area contributed by atoms with Gasteiger partial charge in [-0.05, 0) is 55.3 Å². The molecule has 0 saturated heterocycles. The van der Waals surface area contributed by atoms with Gasteiger partial charge in [0.2, 0.25) is 5.90 Å². The van der Waals surface area contributed by atoms with Gasteiger partial charge in [0.05, 0.1) is 10.9 Å². The molecule has 0 bridgehead atoms. The first-order valence-electron chi connectivity index (χ1n) is 8.13. The highest BCUT2D eigenvalue weighted by molar-refractivity contribution is 6.13. The van der Waals surface area contributed by atoms with Crippen LogP contribution >= 0.6 is 0 Å². The van der Waals surface area contributed by atoms with Crippen LogP contribution in [0.15, 0.2) is 68.6 Å². The molecule has 0 fully saturated rings. The maximum absolute atomic E-state index is 12.6. The maximum atomic E-state index is 12.6. The molecule has 4 rings (SSSR count). The van der Waals surface area contributed by atoms with Gasteiger partial charge in [0.25, 0.3) is 0 Å². The highest BCUT2D eigenvalue weighted by Gasteiger charge is 2.25. The minimum Gasteiger partial charge on any atom is -0.463 e. The lowest BCUT2D eigenvalue weighted by molar-refractivity contribution is -0.129. The van der Waals surface area contributed by atoms with Crippen LogP contribution in [-0.2, 0) is 9.53 Å². The Morgan fingerprint density at radius 1 is 1.00 bits per heavy atom. The Bertz CT molecular complexity index is 1170. The van der Waals surface area contributed by atoms with Crippen molar-refractivity contribution < 1.29 is 13.9 Å². The highest BCUT2D eigenvalue weighted by atomic mass is 16.6. The first-order chi connectivity index (χ1) is 12.5. The van der Waals surface area contributed by atoms with E-state index < -0.39 is 5.97 Å². The normalized spacial score (nSPS) is 15.4. The average molecular weight is 345 g/mol. The van der Waals surface area contributed by atoms with Gasteiger partial charge in [-0.2, -0.15) is 0 Å². The fourth-order valence-corrected chi connectivity index (χ4v) is 2.75. The van der Waals surface area contributed by atoms with Gasteiger partial charge in [0.1, 0.15) is 11.8 Å². The van der Waals surface area contributed by atoms with Crippen molar-refractivity contribution in [2.24, 2.45) is 4.99 Å². The van der Waals surface area contributed by atoms with E-state index in [0.29, 0.717) is 11.0 Å². The van der Waals surface area contributed by atoms with Crippen LogP contribution in [0.5, 0.6) is 0 Å². The summed E-state index contributed by atoms with van der Waals surface area (Å²) < 4.78 is 10.7. The maximum Gasteiger partial charge on any atom is 0.363 e. The molecule has 0 unspecified atom stereocenters. The Kier molecular flexibility index (Phi) is 3.77. The van der Waals surface area contributed by atoms with Crippen LogP contribution in [-0.4, -0.2) is 11.9 Å². The van der Waals surface area contributed by atoms with Crippen LogP contribution in [0.3, 0.4) is 0 Å². The number of hydrogen-bond acceptors (Lipinski definition) is 5. The Morgan fingerprint density at radius 2 is 1.81 bits per heavy atom. The smallest absolute Gasteiger partial charge is 0.363 e. The molecule has 1 aliphatic rings. The molecule has 26 heavy (non-hydrogen) atoms. The van der Waals surface area contributed by atoms with E-state index in [1.807, 2.05) is 32.0 Å². The summed E-state index contributed by atoms with van der Waals surface area (Å²) in [5.74, 6) is -0.361. The predicted molar refractivity (Wildman–Crippen MR) is 99.0 cm³/mol. The zero-order chi connectivity index (χ0) is 18.3. The van der Waals surface area contributed by atoms with Crippen molar-refractivity contribution >= 4 is 28.9 Å². The van der Waals surface area contributed by atoms with Gasteiger partial charge in [-0.25, -0.2) is 9.79 Å². The molecular formula is C21H15NO4. The van der Waals surface area contributed by atoms with Gasteiger partial charge in [-0.3, -0.25) is 4.79 Å². The van der Waals surface area contributed by atoms with E-state index in [-0.39, 0.29) is 22.6 Å². The molecule has 2 heterocycles. The van der Waals surface area contributed by atoms with Crippen LogP contribution in [0.1, 0.15) is 22.3 Å². The van der Waals surface area contributed by atoms with Crippen molar-refractivity contribution in [1.29, 1.82) is 0 Å². The molecule has 5 heteroatoms. The second kappa shape index (κ2) is 6.11. The van der Waals surface area contributed by atoms with Crippen molar-refractivity contribution in [3.63, 3.8) is 0 Å². The summed E-state index contributed by atoms with van der Waals surface area (Å²) in [6.45, 7) is 3.99. The zero-order valence-electron chi connectivity index (χ0n) is 14.3. The standard InChI is InChI=1S/C21H15NO4/c1-12-7-8-14(9-13(12)2)20-22-17(21(24)26-20)10-15-11-25-18-6-4-3-5-16(18)19(15)23/h3-11H,1-2H3. The Hall–Kier alpha value is -3.47. The summed E-state index contributed by atoms with van der Waals surface area (Å²) in [7, 11) is 0. The minimum absolute atomic E-state index is 0.0702. The number of rotatable bonds is 2. The molecule has 0 amide bonds. The number of para-hydroxylation sites is 1. The Labute approximate surface area is 149 Å². The van der Waals surface area contributed by atoms with Crippen molar-refractivity contribution in [3.8, 4) is 0 Å². The molecular weight excluding hydrogens is 330 g/mol. The van der Waals surface area contributed by atoms with Gasteiger partial charge in [0.15, 0.2) is 11.1 Å². The summed E-state index contributed by atoms with van der Waals surface area (Å²) in [4.78, 5) is 29.0. The van der Waals surface area contributed by atoms with E-state index in [2.05, 4.69) is 4.99 Å². The topological polar surface area (TPSA) is 68.9 Å². The Balaban J connectivity index is 1.77. The molecule has 0 saturated carbocycles. The van der Waals surface area contributed by atoms with Gasteiger partial charge < -0.3 is 9.15 Å². The van der Waals surface area contributed by atoms with Crippen molar-refractivity contribution in [2.75, 3.05) is 0 Å². The third kappa shape index (κ3) is 2.73. The summed E-state index contributed by atoms with van der Waals surface area (Å²) >= 11 is 0. The number of carbonyl (C=O) groups excluding carboxylic acids is 1. The van der Waals surface area contributed by atoms with E-state index in [1.54, 1.807) is 24.3 Å². The number of nitrogens with zero attached hydrogens (tertiary/aromatic N) is 1. The number of benzene rings is 2. The second-order valence-corrected chi connectivity index (χ2v) is 6.15. The summed E-state index contributed by atoms with van der Waals surface area (Å²) in [6, 6.07) is 12.7. The third-order valence-corrected chi connectivity index (χ3v) is 4.37. The van der Waals surface area contributed by atoms with E-state index in [1.165, 1.54) is 12.3 Å². The number of aryl methyl sites for hydroxylation is 2. The van der Waals surface area contributed by atoms with Gasteiger partial charge >= 0.3 is 5.97 Å². The molecule has 3 aromatic rings. The molecule has 0 radical (unpaired) electrons. The van der Waals surface area contributed by atoms with E-state index in [0.717, 1.165) is 16.7 Å². The molecule has 2 aromatic carbocycles. The second-order valence-electron chi connectivity index (χ2n) is 6.15. The monoisotopic (exact) mass is 345 g/mol. The van der Waals surface area contributed by atoms with Crippen molar-refractivity contribution in [1.82, 2.24) is 0 Å². The number of aliphatic imine (C=N–C) groups is 1. The number of fused-ring (bicyclic) bond motifs is 1. The third-order valence-electron chi connectivity index (χ3n) is 4.37. The molecule has 128 valence electrons. The lowest BCUT2D eigenvalue weighted by Gasteiger charge is -2.03. The van der Waals surface area contributed by atoms with Crippen LogP contribution in [0.4, 0.5) is 0 Å². The molecule has 1 aromatic heterocycles. The number of esters is 1. The predicted octanol–water partition coefficient (Wildman–Crippen LogP) is 3.75. The molecule has 0 aliphatic carbocycles. The molecule has 0 atom stereocenters. The first kappa shape index (κ1) is 16.0. The summed E-state index contributed by atoms with van der Waals surface area (Å²) in [5.41, 5.74) is 3.53. The number of hydrogen-bond donors (Lipinski definition) is 0.